The van der Waals surface area contributed by atoms with E-state index in [-0.39, 0.29) is 11.9 Å². The first-order valence-corrected chi connectivity index (χ1v) is 4.10. The van der Waals surface area contributed by atoms with Crippen molar-refractivity contribution < 1.29 is 9.53 Å². The van der Waals surface area contributed by atoms with Gasteiger partial charge in [-0.3, -0.25) is 4.79 Å². The Labute approximate surface area is 67.4 Å². The normalized spacial score (nSPS) is 38.1. The fraction of sp³-hybridized carbons (Fsp3) is 0.571. The molecule has 2 unspecified atom stereocenters. The molecule has 1 heterocycles. The van der Waals surface area contributed by atoms with E-state index in [9.17, 15) is 4.79 Å². The number of ketones is 1. The van der Waals surface area contributed by atoms with E-state index in [0.717, 1.165) is 6.42 Å². The van der Waals surface area contributed by atoms with Gasteiger partial charge in [0.25, 0.3) is 0 Å². The summed E-state index contributed by atoms with van der Waals surface area (Å²) < 4.78 is 5.93. The van der Waals surface area contributed by atoms with Crippen LogP contribution in [-0.4, -0.2) is 18.5 Å². The molecule has 0 N–H and O–H groups in total. The fourth-order valence-electron chi connectivity index (χ4n) is 1.39. The number of ether oxygens (including phenoxy) is 1. The molecule has 10 heavy (non-hydrogen) atoms. The first-order chi connectivity index (χ1) is 4.77. The second-order valence-electron chi connectivity index (χ2n) is 2.70. The highest BCUT2D eigenvalue weighted by atomic mass is 79.9. The van der Waals surface area contributed by atoms with Crippen molar-refractivity contribution in [1.29, 1.82) is 0 Å². The van der Waals surface area contributed by atoms with Crippen LogP contribution in [0.1, 0.15) is 6.42 Å². The van der Waals surface area contributed by atoms with Gasteiger partial charge in [0.05, 0.1) is 11.1 Å². The molecular formula is C7H7BrO2. The fourth-order valence-corrected chi connectivity index (χ4v) is 2.02. The van der Waals surface area contributed by atoms with Crippen molar-refractivity contribution in [1.82, 2.24) is 0 Å². The third-order valence-electron chi connectivity index (χ3n) is 1.94. The van der Waals surface area contributed by atoms with E-state index in [4.69, 9.17) is 4.74 Å². The van der Waals surface area contributed by atoms with Gasteiger partial charge in [-0.15, -0.1) is 0 Å². The Morgan fingerprint density at radius 2 is 2.50 bits per heavy atom. The predicted molar refractivity (Wildman–Crippen MR) is 39.9 cm³/mol. The summed E-state index contributed by atoms with van der Waals surface area (Å²) in [5.41, 5.74) is 0. The van der Waals surface area contributed by atoms with Gasteiger partial charge < -0.3 is 4.74 Å². The van der Waals surface area contributed by atoms with Gasteiger partial charge in [-0.25, -0.2) is 0 Å². The standard InChI is InChI=1S/C7H7BrO2/c8-5-1-4-2-6(7(5)9)10-3-4/h1,4,6H,2-3H2. The number of carbonyl (C=O) groups is 1. The van der Waals surface area contributed by atoms with E-state index < -0.39 is 0 Å². The molecule has 2 atom stereocenters. The lowest BCUT2D eigenvalue weighted by Crippen LogP contribution is -2.21. The Bertz CT molecular complexity index is 210. The van der Waals surface area contributed by atoms with Gasteiger partial charge >= 0.3 is 0 Å². The quantitative estimate of drug-likeness (QED) is 0.592. The van der Waals surface area contributed by atoms with E-state index in [2.05, 4.69) is 15.9 Å². The van der Waals surface area contributed by atoms with Crippen LogP contribution in [0.15, 0.2) is 10.6 Å². The van der Waals surface area contributed by atoms with E-state index >= 15 is 0 Å². The van der Waals surface area contributed by atoms with Crippen LogP contribution in [0, 0.1) is 5.92 Å². The van der Waals surface area contributed by atoms with Gasteiger partial charge in [-0.05, 0) is 22.4 Å². The number of rotatable bonds is 0. The molecule has 3 heteroatoms. The summed E-state index contributed by atoms with van der Waals surface area (Å²) in [6.07, 6.45) is 2.68. The molecule has 2 nitrogen and oxygen atoms in total. The largest absolute Gasteiger partial charge is 0.369 e. The molecule has 2 rings (SSSR count). The van der Waals surface area contributed by atoms with Crippen LogP contribution in [0.2, 0.25) is 0 Å². The van der Waals surface area contributed by atoms with Crippen LogP contribution in [0.4, 0.5) is 0 Å². The van der Waals surface area contributed by atoms with Gasteiger partial charge in [-0.2, -0.15) is 0 Å². The average Bonchev–Trinajstić information content (AvgIpc) is 2.29. The lowest BCUT2D eigenvalue weighted by atomic mass is 9.97. The molecule has 0 saturated carbocycles. The summed E-state index contributed by atoms with van der Waals surface area (Å²) >= 11 is 3.21. The van der Waals surface area contributed by atoms with E-state index in [1.165, 1.54) is 0 Å². The van der Waals surface area contributed by atoms with Crippen LogP contribution in [0.25, 0.3) is 0 Å². The monoisotopic (exact) mass is 202 g/mol. The zero-order valence-electron chi connectivity index (χ0n) is 5.34. The van der Waals surface area contributed by atoms with Crippen molar-refractivity contribution >= 4 is 21.7 Å². The molecular weight excluding hydrogens is 196 g/mol. The maximum Gasteiger partial charge on any atom is 0.198 e. The molecule has 54 valence electrons. The summed E-state index contributed by atoms with van der Waals surface area (Å²) in [6, 6.07) is 0. The van der Waals surface area contributed by atoms with Crippen molar-refractivity contribution in [2.75, 3.05) is 6.61 Å². The van der Waals surface area contributed by atoms with E-state index in [1.807, 2.05) is 6.08 Å². The predicted octanol–water partition coefficient (Wildman–Crippen LogP) is 1.25. The summed E-state index contributed by atoms with van der Waals surface area (Å²) in [5, 5.41) is 0. The van der Waals surface area contributed by atoms with Gasteiger partial charge in [-0.1, -0.05) is 6.08 Å². The Balaban J connectivity index is 2.33. The van der Waals surface area contributed by atoms with Gasteiger partial charge in [0.15, 0.2) is 5.78 Å². The van der Waals surface area contributed by atoms with Crippen molar-refractivity contribution in [3.05, 3.63) is 10.6 Å². The van der Waals surface area contributed by atoms with Crippen LogP contribution >= 0.6 is 15.9 Å². The number of hydrogen-bond acceptors (Lipinski definition) is 2. The third kappa shape index (κ3) is 0.847. The molecule has 0 aromatic heterocycles. The van der Waals surface area contributed by atoms with Crippen molar-refractivity contribution in [2.45, 2.75) is 12.5 Å². The first kappa shape index (κ1) is 6.55. The molecule has 2 bridgehead atoms. The smallest absolute Gasteiger partial charge is 0.198 e. The lowest BCUT2D eigenvalue weighted by Gasteiger charge is -2.11. The average molecular weight is 203 g/mol. The van der Waals surface area contributed by atoms with E-state index in [0.29, 0.717) is 17.0 Å². The van der Waals surface area contributed by atoms with Gasteiger partial charge in [0.1, 0.15) is 6.10 Å². The second kappa shape index (κ2) is 2.17. The molecule has 2 aliphatic rings. The number of hydrogen-bond donors (Lipinski definition) is 0. The van der Waals surface area contributed by atoms with Crippen LogP contribution < -0.4 is 0 Å². The van der Waals surface area contributed by atoms with Gasteiger partial charge in [0, 0.05) is 5.92 Å². The highest BCUT2D eigenvalue weighted by molar-refractivity contribution is 9.12. The lowest BCUT2D eigenvalue weighted by molar-refractivity contribution is -0.123. The Hall–Kier alpha value is -0.150. The molecule has 0 amide bonds. The molecule has 0 aromatic rings. The van der Waals surface area contributed by atoms with Crippen molar-refractivity contribution in [3.63, 3.8) is 0 Å². The second-order valence-corrected chi connectivity index (χ2v) is 3.55. The Kier molecular flexibility index (Phi) is 1.42. The maximum atomic E-state index is 11.1. The molecule has 1 aliphatic heterocycles. The zero-order valence-corrected chi connectivity index (χ0v) is 6.93. The SMILES string of the molecule is O=C1C(Br)=CC2COC1C2. The van der Waals surface area contributed by atoms with Crippen LogP contribution in [-0.2, 0) is 9.53 Å². The summed E-state index contributed by atoms with van der Waals surface area (Å²) in [7, 11) is 0. The summed E-state index contributed by atoms with van der Waals surface area (Å²) in [6.45, 7) is 0.714. The highest BCUT2D eigenvalue weighted by Crippen LogP contribution is 2.31. The summed E-state index contributed by atoms with van der Waals surface area (Å²) in [4.78, 5) is 11.1. The minimum atomic E-state index is -0.149. The van der Waals surface area contributed by atoms with Gasteiger partial charge in [0.2, 0.25) is 0 Å². The van der Waals surface area contributed by atoms with Crippen LogP contribution in [0.5, 0.6) is 0 Å². The minimum Gasteiger partial charge on any atom is -0.369 e. The molecule has 1 fully saturated rings. The van der Waals surface area contributed by atoms with Crippen LogP contribution in [0.3, 0.4) is 0 Å². The zero-order chi connectivity index (χ0) is 7.14. The molecule has 0 aromatic carbocycles. The topological polar surface area (TPSA) is 26.3 Å². The van der Waals surface area contributed by atoms with Crippen molar-refractivity contribution in [2.24, 2.45) is 5.92 Å². The maximum absolute atomic E-state index is 11.1. The Morgan fingerprint density at radius 1 is 1.70 bits per heavy atom. The Morgan fingerprint density at radius 3 is 3.30 bits per heavy atom. The number of fused-ring (bicyclic) bond motifs is 2. The number of carbonyl (C=O) groups excluding carboxylic acids is 1. The first-order valence-electron chi connectivity index (χ1n) is 3.30. The number of halogens is 1. The van der Waals surface area contributed by atoms with Crippen molar-refractivity contribution in [3.8, 4) is 0 Å². The highest BCUT2D eigenvalue weighted by Gasteiger charge is 2.35. The number of Topliss-reactive ketones (excluding diaryl/α,β-unsaturated/α-hetero) is 1. The van der Waals surface area contributed by atoms with E-state index in [1.54, 1.807) is 0 Å². The molecule has 0 spiro atoms. The molecule has 1 saturated heterocycles. The minimum absolute atomic E-state index is 0.105. The molecule has 1 aliphatic carbocycles. The molecule has 0 radical (unpaired) electrons. The summed E-state index contributed by atoms with van der Waals surface area (Å²) in [5.74, 6) is 0.575. The third-order valence-corrected chi connectivity index (χ3v) is 2.59.